The molecule has 1 aromatic carbocycles. The second kappa shape index (κ2) is 5.46. The molecule has 2 N–H and O–H groups in total. The lowest BCUT2D eigenvalue weighted by atomic mass is 10.2. The Morgan fingerprint density at radius 1 is 1.38 bits per heavy atom. The van der Waals surface area contributed by atoms with Gasteiger partial charge < -0.3 is 10.3 Å². The van der Waals surface area contributed by atoms with Crippen LogP contribution in [0.3, 0.4) is 0 Å². The molecule has 0 aliphatic rings. The highest BCUT2D eigenvalue weighted by molar-refractivity contribution is 6.36. The van der Waals surface area contributed by atoms with Crippen molar-refractivity contribution in [2.45, 2.75) is 26.3 Å². The van der Waals surface area contributed by atoms with Gasteiger partial charge in [0.1, 0.15) is 0 Å². The average molecular weight is 259 g/mol. The molecule has 0 spiro atoms. The fourth-order valence-corrected chi connectivity index (χ4v) is 2.17. The summed E-state index contributed by atoms with van der Waals surface area (Å²) in [5.74, 6) is 0. The second-order valence-electron chi connectivity index (χ2n) is 3.77. The van der Waals surface area contributed by atoms with Crippen LogP contribution in [0.5, 0.6) is 0 Å². The molecule has 0 saturated carbocycles. The largest absolute Gasteiger partial charge is 0.398 e. The van der Waals surface area contributed by atoms with E-state index in [4.69, 9.17) is 17.3 Å². The first-order valence-electron chi connectivity index (χ1n) is 5.27. The van der Waals surface area contributed by atoms with Crippen molar-refractivity contribution in [2.75, 3.05) is 5.73 Å². The summed E-state index contributed by atoms with van der Waals surface area (Å²) in [4.78, 5) is 0. The Labute approximate surface area is 107 Å². The van der Waals surface area contributed by atoms with Crippen LogP contribution in [-0.2, 0) is 6.54 Å². The van der Waals surface area contributed by atoms with Gasteiger partial charge >= 0.3 is 0 Å². The lowest BCUT2D eigenvalue weighted by Crippen LogP contribution is -1.95. The van der Waals surface area contributed by atoms with Gasteiger partial charge in [0.2, 0.25) is 0 Å². The molecular weight excluding hydrogens is 243 g/mol. The van der Waals surface area contributed by atoms with Crippen LogP contribution in [-0.4, -0.2) is 4.57 Å². The van der Waals surface area contributed by atoms with Gasteiger partial charge in [0.05, 0.1) is 10.5 Å². The molecule has 2 nitrogen and oxygen atoms in total. The number of hydrogen-bond acceptors (Lipinski definition) is 1. The summed E-state index contributed by atoms with van der Waals surface area (Å²) in [6.45, 7) is 3.19. The molecule has 0 radical (unpaired) electrons. The number of rotatable bonds is 3. The van der Waals surface area contributed by atoms with Crippen molar-refractivity contribution in [3.8, 4) is 0 Å². The van der Waals surface area contributed by atoms with Gasteiger partial charge in [-0.2, -0.15) is 0 Å². The summed E-state index contributed by atoms with van der Waals surface area (Å²) in [7, 11) is 0. The molecule has 1 heterocycles. The van der Waals surface area contributed by atoms with Gasteiger partial charge in [-0.25, -0.2) is 0 Å². The fourth-order valence-electron chi connectivity index (χ4n) is 1.84. The number of hydrogen-bond donors (Lipinski definition) is 1. The van der Waals surface area contributed by atoms with Gasteiger partial charge in [0.15, 0.2) is 0 Å². The zero-order chi connectivity index (χ0) is 10.8. The average Bonchev–Trinajstić information content (AvgIpc) is 2.54. The van der Waals surface area contributed by atoms with Gasteiger partial charge in [-0.15, -0.1) is 12.4 Å². The van der Waals surface area contributed by atoms with Crippen molar-refractivity contribution in [3.63, 3.8) is 0 Å². The van der Waals surface area contributed by atoms with Crippen LogP contribution in [0.1, 0.15) is 19.8 Å². The SMILES string of the molecule is CCCCn1cc(Cl)c2c(N)cccc21.Cl. The van der Waals surface area contributed by atoms with E-state index in [1.165, 1.54) is 6.42 Å². The summed E-state index contributed by atoms with van der Waals surface area (Å²) in [5.41, 5.74) is 7.79. The first-order chi connectivity index (χ1) is 7.24. The topological polar surface area (TPSA) is 30.9 Å². The van der Waals surface area contributed by atoms with Crippen molar-refractivity contribution < 1.29 is 0 Å². The second-order valence-corrected chi connectivity index (χ2v) is 4.17. The van der Waals surface area contributed by atoms with Gasteiger partial charge in [-0.05, 0) is 18.6 Å². The van der Waals surface area contributed by atoms with E-state index in [0.717, 1.165) is 34.6 Å². The van der Waals surface area contributed by atoms with E-state index in [-0.39, 0.29) is 12.4 Å². The Morgan fingerprint density at radius 2 is 2.12 bits per heavy atom. The van der Waals surface area contributed by atoms with Crippen molar-refractivity contribution in [3.05, 3.63) is 29.4 Å². The van der Waals surface area contributed by atoms with E-state index >= 15 is 0 Å². The zero-order valence-corrected chi connectivity index (χ0v) is 10.8. The van der Waals surface area contributed by atoms with Crippen molar-refractivity contribution in [2.24, 2.45) is 0 Å². The third-order valence-electron chi connectivity index (χ3n) is 2.64. The molecule has 4 heteroatoms. The Balaban J connectivity index is 0.00000128. The molecule has 0 saturated heterocycles. The molecular formula is C12H16Cl2N2. The lowest BCUT2D eigenvalue weighted by molar-refractivity contribution is 0.650. The maximum Gasteiger partial charge on any atom is 0.0682 e. The molecule has 88 valence electrons. The maximum atomic E-state index is 6.16. The number of nitrogens with two attached hydrogens (primary N) is 1. The van der Waals surface area contributed by atoms with Gasteiger partial charge in [0, 0.05) is 23.8 Å². The zero-order valence-electron chi connectivity index (χ0n) is 9.24. The molecule has 2 aromatic rings. The van der Waals surface area contributed by atoms with Crippen molar-refractivity contribution in [1.29, 1.82) is 0 Å². The van der Waals surface area contributed by atoms with Crippen LogP contribution in [0.25, 0.3) is 10.9 Å². The van der Waals surface area contributed by atoms with E-state index in [0.29, 0.717) is 0 Å². The van der Waals surface area contributed by atoms with Gasteiger partial charge in [-0.3, -0.25) is 0 Å². The summed E-state index contributed by atoms with van der Waals surface area (Å²) >= 11 is 6.16. The quantitative estimate of drug-likeness (QED) is 0.826. The molecule has 16 heavy (non-hydrogen) atoms. The molecule has 0 aliphatic carbocycles. The highest BCUT2D eigenvalue weighted by atomic mass is 35.5. The predicted molar refractivity (Wildman–Crippen MR) is 73.5 cm³/mol. The summed E-state index contributed by atoms with van der Waals surface area (Å²) < 4.78 is 2.18. The smallest absolute Gasteiger partial charge is 0.0682 e. The minimum atomic E-state index is 0. The number of aromatic nitrogens is 1. The molecule has 2 rings (SSSR count). The lowest BCUT2D eigenvalue weighted by Gasteiger charge is -2.03. The van der Waals surface area contributed by atoms with E-state index in [1.807, 2.05) is 18.3 Å². The van der Waals surface area contributed by atoms with E-state index in [9.17, 15) is 0 Å². The number of nitrogen functional groups attached to an aromatic ring is 1. The van der Waals surface area contributed by atoms with Crippen molar-refractivity contribution in [1.82, 2.24) is 4.57 Å². The molecule has 0 atom stereocenters. The highest BCUT2D eigenvalue weighted by Gasteiger charge is 2.08. The first-order valence-corrected chi connectivity index (χ1v) is 5.64. The summed E-state index contributed by atoms with van der Waals surface area (Å²) in [5, 5.41) is 1.73. The van der Waals surface area contributed by atoms with Crippen LogP contribution >= 0.6 is 24.0 Å². The minimum absolute atomic E-state index is 0. The summed E-state index contributed by atoms with van der Waals surface area (Å²) in [6.07, 6.45) is 4.31. The number of fused-ring (bicyclic) bond motifs is 1. The number of halogens is 2. The Kier molecular flexibility index (Phi) is 4.51. The number of benzene rings is 1. The minimum Gasteiger partial charge on any atom is -0.398 e. The third kappa shape index (κ3) is 2.28. The molecule has 0 amide bonds. The molecule has 0 fully saturated rings. The summed E-state index contributed by atoms with van der Waals surface area (Å²) in [6, 6.07) is 5.92. The van der Waals surface area contributed by atoms with Crippen LogP contribution < -0.4 is 5.73 Å². The number of anilines is 1. The van der Waals surface area contributed by atoms with Crippen LogP contribution in [0.2, 0.25) is 5.02 Å². The first kappa shape index (κ1) is 13.2. The molecule has 0 aliphatic heterocycles. The van der Waals surface area contributed by atoms with E-state index in [1.54, 1.807) is 0 Å². The number of unbranched alkanes of at least 4 members (excludes halogenated alkanes) is 1. The monoisotopic (exact) mass is 258 g/mol. The maximum absolute atomic E-state index is 6.16. The molecule has 0 bridgehead atoms. The molecule has 0 unspecified atom stereocenters. The van der Waals surface area contributed by atoms with Gasteiger partial charge in [-0.1, -0.05) is 31.0 Å². The Morgan fingerprint density at radius 3 is 2.81 bits per heavy atom. The fraction of sp³-hybridized carbons (Fsp3) is 0.333. The Bertz CT molecular complexity index is 477. The van der Waals surface area contributed by atoms with Crippen LogP contribution in [0, 0.1) is 0 Å². The third-order valence-corrected chi connectivity index (χ3v) is 2.93. The molecule has 1 aromatic heterocycles. The number of nitrogens with zero attached hydrogens (tertiary/aromatic N) is 1. The highest BCUT2D eigenvalue weighted by Crippen LogP contribution is 2.30. The predicted octanol–water partition coefficient (Wildman–Crippen LogP) is 4.10. The van der Waals surface area contributed by atoms with E-state index < -0.39 is 0 Å². The van der Waals surface area contributed by atoms with Gasteiger partial charge in [0.25, 0.3) is 0 Å². The standard InChI is InChI=1S/C12H15ClN2.ClH/c1-2-3-7-15-8-9(13)12-10(14)5-4-6-11(12)15;/h4-6,8H,2-3,7,14H2,1H3;1H. The van der Waals surface area contributed by atoms with Crippen LogP contribution in [0.4, 0.5) is 5.69 Å². The Hall–Kier alpha value is -0.860. The number of aryl methyl sites for hydroxylation is 1. The normalized spacial score (nSPS) is 10.4. The van der Waals surface area contributed by atoms with Crippen molar-refractivity contribution >= 4 is 40.6 Å². The van der Waals surface area contributed by atoms with Crippen LogP contribution in [0.15, 0.2) is 24.4 Å². The van der Waals surface area contributed by atoms with E-state index in [2.05, 4.69) is 17.6 Å².